The van der Waals surface area contributed by atoms with Crippen molar-refractivity contribution in [3.05, 3.63) is 248 Å². The maximum Gasteiger partial charge on any atom is 0.0590 e. The summed E-state index contributed by atoms with van der Waals surface area (Å²) in [5.74, 6) is 0. The topological polar surface area (TPSA) is 15.3 Å². The average molecular weight is 817 g/mol. The zero-order valence-electron chi connectivity index (χ0n) is 34.9. The summed E-state index contributed by atoms with van der Waals surface area (Å²) in [6, 6.07) is 71.3. The number of thiophene rings is 1. The first-order chi connectivity index (χ1) is 30.7. The first-order valence-electron chi connectivity index (χ1n) is 21.4. The van der Waals surface area contributed by atoms with E-state index in [1.165, 1.54) is 59.1 Å². The normalized spacial score (nSPS) is 12.4. The van der Waals surface area contributed by atoms with E-state index in [0.29, 0.717) is 0 Å². The molecule has 0 amide bonds. The van der Waals surface area contributed by atoms with Crippen LogP contribution in [0.1, 0.15) is 30.9 Å². The molecule has 8 aromatic carbocycles. The zero-order chi connectivity index (χ0) is 41.9. The molecule has 1 heterocycles. The van der Waals surface area contributed by atoms with Crippen molar-refractivity contribution in [3.8, 4) is 22.3 Å². The highest BCUT2D eigenvalue weighted by atomic mass is 32.1. The van der Waals surface area contributed by atoms with Crippen molar-refractivity contribution < 1.29 is 0 Å². The van der Waals surface area contributed by atoms with Gasteiger partial charge in [0, 0.05) is 38.2 Å². The van der Waals surface area contributed by atoms with Crippen molar-refractivity contribution >= 4 is 71.6 Å². The van der Waals surface area contributed by atoms with Crippen LogP contribution in [0.5, 0.6) is 0 Å². The van der Waals surface area contributed by atoms with E-state index in [9.17, 15) is 0 Å². The molecule has 1 aromatic heterocycles. The van der Waals surface area contributed by atoms with Crippen LogP contribution in [0.4, 0.5) is 28.4 Å². The van der Waals surface area contributed by atoms with Gasteiger partial charge in [-0.3, -0.25) is 0 Å². The molecule has 1 aliphatic carbocycles. The van der Waals surface area contributed by atoms with Crippen molar-refractivity contribution in [2.24, 2.45) is 0 Å². The van der Waals surface area contributed by atoms with Crippen LogP contribution in [-0.2, 0) is 0 Å². The van der Waals surface area contributed by atoms with Gasteiger partial charge in [0.1, 0.15) is 0 Å². The number of nitrogens with one attached hydrogen (secondary N) is 1. The van der Waals surface area contributed by atoms with Crippen molar-refractivity contribution in [1.29, 1.82) is 0 Å². The van der Waals surface area contributed by atoms with Crippen LogP contribution in [0.25, 0.3) is 54.1 Å². The molecule has 0 atom stereocenters. The van der Waals surface area contributed by atoms with Gasteiger partial charge in [-0.1, -0.05) is 182 Å². The average Bonchev–Trinajstić information content (AvgIpc) is 3.73. The van der Waals surface area contributed by atoms with Gasteiger partial charge in [0.25, 0.3) is 0 Å². The van der Waals surface area contributed by atoms with Gasteiger partial charge in [0.2, 0.25) is 0 Å². The summed E-state index contributed by atoms with van der Waals surface area (Å²) in [5, 5.41) is 6.24. The molecule has 0 saturated carbocycles. The smallest absolute Gasteiger partial charge is 0.0590 e. The van der Waals surface area contributed by atoms with Gasteiger partial charge in [-0.25, -0.2) is 0 Å². The molecule has 0 radical (unpaired) electrons. The third-order valence-corrected chi connectivity index (χ3v) is 12.3. The zero-order valence-corrected chi connectivity index (χ0v) is 35.7. The predicted octanol–water partition coefficient (Wildman–Crippen LogP) is 17.6. The quantitative estimate of drug-likeness (QED) is 0.138. The number of fused-ring (bicyclic) bond motifs is 3. The Balaban J connectivity index is 0.000000171. The largest absolute Gasteiger partial charge is 0.354 e. The van der Waals surface area contributed by atoms with E-state index in [0.717, 1.165) is 41.3 Å². The molecular formula is C59H48N2S. The van der Waals surface area contributed by atoms with Gasteiger partial charge in [0.15, 0.2) is 0 Å². The minimum atomic E-state index is 1.10. The van der Waals surface area contributed by atoms with E-state index < -0.39 is 0 Å². The molecule has 1 N–H and O–H groups in total. The lowest BCUT2D eigenvalue weighted by Gasteiger charge is -2.26. The highest BCUT2D eigenvalue weighted by Crippen LogP contribution is 2.40. The molecule has 3 heteroatoms. The maximum absolute atomic E-state index is 3.60. The van der Waals surface area contributed by atoms with E-state index in [1.54, 1.807) is 0 Å². The third-order valence-electron chi connectivity index (χ3n) is 11.1. The van der Waals surface area contributed by atoms with Crippen LogP contribution < -0.4 is 10.2 Å². The standard InChI is InChI=1S/C36H29N.C23H19NS/c1-4-10-28(11-5-1)31-16-22-34(23-17-31)37(35-24-18-32(19-25-35)29-12-6-2-7-13-29)36-26-20-33(21-27-36)30-14-8-3-9-15-30;1-2-3-4-9-17-10-7-11-18(16-17)24-21-14-8-13-20-19-12-5-6-15-22(19)25-23(20)21/h1-2,4-8,10-27H,3,9H2;2-16,24H,1H3/b;3-2-,9-4-. The molecule has 10 rings (SSSR count). The Morgan fingerprint density at radius 3 is 1.68 bits per heavy atom. The molecule has 300 valence electrons. The van der Waals surface area contributed by atoms with Gasteiger partial charge in [0.05, 0.1) is 10.4 Å². The highest BCUT2D eigenvalue weighted by molar-refractivity contribution is 7.26. The summed E-state index contributed by atoms with van der Waals surface area (Å²) in [5.41, 5.74) is 14.3. The number of hydrogen-bond donors (Lipinski definition) is 1. The molecule has 0 unspecified atom stereocenters. The maximum atomic E-state index is 3.60. The summed E-state index contributed by atoms with van der Waals surface area (Å²) in [6.45, 7) is 2.02. The van der Waals surface area contributed by atoms with E-state index >= 15 is 0 Å². The molecular weight excluding hydrogens is 769 g/mol. The summed E-state index contributed by atoms with van der Waals surface area (Å²) < 4.78 is 2.63. The lowest BCUT2D eigenvalue weighted by atomic mass is 9.99. The number of benzene rings is 8. The second-order valence-corrected chi connectivity index (χ2v) is 16.3. The summed E-state index contributed by atoms with van der Waals surface area (Å²) in [6.07, 6.45) is 17.3. The van der Waals surface area contributed by atoms with Gasteiger partial charge in [-0.05, 0) is 119 Å². The molecule has 0 fully saturated rings. The van der Waals surface area contributed by atoms with Crippen LogP contribution in [0.15, 0.2) is 237 Å². The molecule has 0 bridgehead atoms. The fourth-order valence-corrected chi connectivity index (χ4v) is 9.12. The van der Waals surface area contributed by atoms with Crippen LogP contribution in [-0.4, -0.2) is 0 Å². The summed E-state index contributed by atoms with van der Waals surface area (Å²) in [7, 11) is 0. The van der Waals surface area contributed by atoms with Gasteiger partial charge in [-0.15, -0.1) is 11.3 Å². The minimum Gasteiger partial charge on any atom is -0.354 e. The Labute approximate surface area is 369 Å². The summed E-state index contributed by atoms with van der Waals surface area (Å²) in [4.78, 5) is 2.33. The van der Waals surface area contributed by atoms with Crippen LogP contribution in [0.3, 0.4) is 0 Å². The van der Waals surface area contributed by atoms with Crippen molar-refractivity contribution in [2.75, 3.05) is 10.2 Å². The molecule has 0 saturated heterocycles. The van der Waals surface area contributed by atoms with E-state index in [4.69, 9.17) is 0 Å². The van der Waals surface area contributed by atoms with Crippen LogP contribution in [0.2, 0.25) is 0 Å². The van der Waals surface area contributed by atoms with Gasteiger partial charge in [-0.2, -0.15) is 0 Å². The lowest BCUT2D eigenvalue weighted by molar-refractivity contribution is 1.04. The molecule has 0 aliphatic heterocycles. The first kappa shape index (κ1) is 40.0. The fourth-order valence-electron chi connectivity index (χ4n) is 7.94. The lowest BCUT2D eigenvalue weighted by Crippen LogP contribution is -2.10. The highest BCUT2D eigenvalue weighted by Gasteiger charge is 2.14. The Morgan fingerprint density at radius 1 is 0.500 bits per heavy atom. The molecule has 62 heavy (non-hydrogen) atoms. The number of rotatable bonds is 10. The van der Waals surface area contributed by atoms with Crippen molar-refractivity contribution in [2.45, 2.75) is 19.8 Å². The Hall–Kier alpha value is -7.46. The van der Waals surface area contributed by atoms with Crippen molar-refractivity contribution in [1.82, 2.24) is 0 Å². The molecule has 2 nitrogen and oxygen atoms in total. The van der Waals surface area contributed by atoms with Crippen LogP contribution >= 0.6 is 11.3 Å². The van der Waals surface area contributed by atoms with E-state index in [2.05, 4.69) is 241 Å². The number of anilines is 5. The fraction of sp³-hybridized carbons (Fsp3) is 0.0508. The van der Waals surface area contributed by atoms with Gasteiger partial charge >= 0.3 is 0 Å². The van der Waals surface area contributed by atoms with Crippen molar-refractivity contribution in [3.63, 3.8) is 0 Å². The predicted molar refractivity (Wildman–Crippen MR) is 271 cm³/mol. The SMILES string of the molecule is C/C=C\C=C/c1cccc(Nc2cccc3c2sc2ccccc23)c1.C1=CC(c2ccc(N(c3ccc(-c4ccccc4)cc3)c3ccc(-c4ccccc4)cc3)cc2)=CCC1. The summed E-state index contributed by atoms with van der Waals surface area (Å²) >= 11 is 1.84. The molecule has 1 aliphatic rings. The Morgan fingerprint density at radius 2 is 1.06 bits per heavy atom. The Bertz CT molecular complexity index is 2930. The Kier molecular flexibility index (Phi) is 12.4. The third kappa shape index (κ3) is 9.29. The van der Waals surface area contributed by atoms with Gasteiger partial charge < -0.3 is 10.2 Å². The molecule has 9 aromatic rings. The second kappa shape index (κ2) is 19.3. The first-order valence-corrected chi connectivity index (χ1v) is 22.2. The second-order valence-electron chi connectivity index (χ2n) is 15.3. The minimum absolute atomic E-state index is 1.10. The number of allylic oxidation sites excluding steroid dienone is 7. The monoisotopic (exact) mass is 816 g/mol. The van der Waals surface area contributed by atoms with E-state index in [1.807, 2.05) is 30.4 Å². The van der Waals surface area contributed by atoms with Crippen LogP contribution in [0, 0.1) is 0 Å². The number of nitrogens with zero attached hydrogens (tertiary/aromatic N) is 1. The van der Waals surface area contributed by atoms with E-state index in [-0.39, 0.29) is 0 Å². The number of hydrogen-bond acceptors (Lipinski definition) is 3. The molecule has 0 spiro atoms.